The third kappa shape index (κ3) is 5.12. The fourth-order valence-corrected chi connectivity index (χ4v) is 2.07. The molecule has 1 atom stereocenters. The van der Waals surface area contributed by atoms with E-state index in [1.54, 1.807) is 18.2 Å². The lowest BCUT2D eigenvalue weighted by Gasteiger charge is -2.13. The summed E-state index contributed by atoms with van der Waals surface area (Å²) in [7, 11) is 0. The van der Waals surface area contributed by atoms with E-state index in [0.717, 1.165) is 12.1 Å². The lowest BCUT2D eigenvalue weighted by molar-refractivity contribution is -0.124. The minimum atomic E-state index is -0.534. The highest BCUT2D eigenvalue weighted by Crippen LogP contribution is 2.21. The quantitative estimate of drug-likeness (QED) is 0.764. The third-order valence-corrected chi connectivity index (χ3v) is 3.55. The van der Waals surface area contributed by atoms with Crippen LogP contribution in [-0.4, -0.2) is 24.5 Å². The van der Waals surface area contributed by atoms with Crippen LogP contribution < -0.4 is 10.6 Å². The van der Waals surface area contributed by atoms with E-state index in [1.165, 1.54) is 0 Å². The molecule has 24 heavy (non-hydrogen) atoms. The molecule has 2 N–H and O–H groups in total. The van der Waals surface area contributed by atoms with Gasteiger partial charge in [-0.15, -0.1) is 0 Å². The van der Waals surface area contributed by atoms with E-state index in [-0.39, 0.29) is 18.6 Å². The van der Waals surface area contributed by atoms with Gasteiger partial charge >= 0.3 is 5.97 Å². The van der Waals surface area contributed by atoms with Crippen molar-refractivity contribution in [2.45, 2.75) is 26.3 Å². The summed E-state index contributed by atoms with van der Waals surface area (Å²) >= 11 is 0. The van der Waals surface area contributed by atoms with E-state index < -0.39 is 5.97 Å². The molecule has 0 aliphatic carbocycles. The molecule has 1 amide bonds. The van der Waals surface area contributed by atoms with E-state index in [4.69, 9.17) is 4.74 Å². The van der Waals surface area contributed by atoms with Crippen molar-refractivity contribution >= 4 is 23.3 Å². The van der Waals surface area contributed by atoms with Crippen LogP contribution in [0.25, 0.3) is 0 Å². The van der Waals surface area contributed by atoms with Gasteiger partial charge in [-0.05, 0) is 37.6 Å². The number of hydrogen-bond donors (Lipinski definition) is 2. The first-order valence-corrected chi connectivity index (χ1v) is 7.97. The Morgan fingerprint density at radius 1 is 1.04 bits per heavy atom. The third-order valence-electron chi connectivity index (χ3n) is 3.55. The zero-order chi connectivity index (χ0) is 17.4. The lowest BCUT2D eigenvalue weighted by Crippen LogP contribution is -2.35. The number of carbonyl (C=O) groups excluding carboxylic acids is 2. The number of amides is 1. The van der Waals surface area contributed by atoms with Crippen molar-refractivity contribution in [1.29, 1.82) is 0 Å². The molecule has 0 heterocycles. The summed E-state index contributed by atoms with van der Waals surface area (Å²) < 4.78 is 5.12. The van der Waals surface area contributed by atoms with Crippen LogP contribution in [0.3, 0.4) is 0 Å². The molecule has 0 saturated carbocycles. The van der Waals surface area contributed by atoms with Gasteiger partial charge in [0.1, 0.15) is 0 Å². The molecule has 0 aliphatic heterocycles. The molecule has 5 heteroatoms. The van der Waals surface area contributed by atoms with Gasteiger partial charge in [0.2, 0.25) is 0 Å². The molecule has 5 nitrogen and oxygen atoms in total. The number of benzene rings is 2. The molecular formula is C19H22N2O3. The van der Waals surface area contributed by atoms with Crippen molar-refractivity contribution in [1.82, 2.24) is 5.32 Å². The zero-order valence-electron chi connectivity index (χ0n) is 13.9. The highest BCUT2D eigenvalue weighted by Gasteiger charge is 2.15. The number of ether oxygens (including phenoxy) is 1. The summed E-state index contributed by atoms with van der Waals surface area (Å²) in [4.78, 5) is 24.0. The van der Waals surface area contributed by atoms with Gasteiger partial charge in [0, 0.05) is 11.7 Å². The summed E-state index contributed by atoms with van der Waals surface area (Å²) in [6.45, 7) is 3.59. The molecule has 0 aliphatic rings. The number of rotatable bonds is 7. The first-order chi connectivity index (χ1) is 11.6. The van der Waals surface area contributed by atoms with E-state index >= 15 is 0 Å². The normalized spacial score (nSPS) is 11.4. The average Bonchev–Trinajstić information content (AvgIpc) is 2.61. The molecule has 2 aromatic rings. The van der Waals surface area contributed by atoms with Crippen molar-refractivity contribution in [2.24, 2.45) is 0 Å². The Kier molecular flexibility index (Phi) is 6.37. The zero-order valence-corrected chi connectivity index (χ0v) is 13.9. The predicted molar refractivity (Wildman–Crippen MR) is 94.3 cm³/mol. The van der Waals surface area contributed by atoms with Gasteiger partial charge in [0.25, 0.3) is 5.91 Å². The number of anilines is 2. The molecule has 0 spiro atoms. The van der Waals surface area contributed by atoms with Crippen LogP contribution in [0, 0.1) is 0 Å². The van der Waals surface area contributed by atoms with E-state index in [9.17, 15) is 9.59 Å². The first-order valence-electron chi connectivity index (χ1n) is 7.97. The molecule has 0 saturated heterocycles. The Hall–Kier alpha value is -2.82. The molecule has 0 radical (unpaired) electrons. The highest BCUT2D eigenvalue weighted by atomic mass is 16.5. The van der Waals surface area contributed by atoms with Gasteiger partial charge in [0.15, 0.2) is 6.61 Å². The maximum absolute atomic E-state index is 12.3. The first kappa shape index (κ1) is 17.5. The van der Waals surface area contributed by atoms with Gasteiger partial charge in [-0.2, -0.15) is 0 Å². The SMILES string of the molecule is CC[C@@H](C)NC(=O)COC(=O)c1ccccc1Nc1ccccc1. The topological polar surface area (TPSA) is 67.4 Å². The summed E-state index contributed by atoms with van der Waals surface area (Å²) in [5.41, 5.74) is 1.89. The van der Waals surface area contributed by atoms with Gasteiger partial charge < -0.3 is 15.4 Å². The Morgan fingerprint density at radius 2 is 1.71 bits per heavy atom. The summed E-state index contributed by atoms with van der Waals surface area (Å²) in [5.74, 6) is -0.834. The molecule has 2 aromatic carbocycles. The maximum Gasteiger partial charge on any atom is 0.340 e. The molecule has 2 rings (SSSR count). The van der Waals surface area contributed by atoms with Crippen LogP contribution >= 0.6 is 0 Å². The molecule has 0 fully saturated rings. The summed E-state index contributed by atoms with van der Waals surface area (Å²) in [6.07, 6.45) is 0.823. The summed E-state index contributed by atoms with van der Waals surface area (Å²) in [5, 5.41) is 5.94. The van der Waals surface area contributed by atoms with E-state index in [2.05, 4.69) is 10.6 Å². The van der Waals surface area contributed by atoms with Gasteiger partial charge in [-0.3, -0.25) is 4.79 Å². The minimum absolute atomic E-state index is 0.0586. The monoisotopic (exact) mass is 326 g/mol. The smallest absolute Gasteiger partial charge is 0.340 e. The van der Waals surface area contributed by atoms with Crippen molar-refractivity contribution in [3.8, 4) is 0 Å². The average molecular weight is 326 g/mol. The molecule has 126 valence electrons. The van der Waals surface area contributed by atoms with Gasteiger partial charge in [-0.25, -0.2) is 4.79 Å². The number of esters is 1. The van der Waals surface area contributed by atoms with Gasteiger partial charge in [0.05, 0.1) is 11.3 Å². The Balaban J connectivity index is 2.01. The Bertz CT molecular complexity index is 686. The van der Waals surface area contributed by atoms with Crippen LogP contribution in [0.1, 0.15) is 30.6 Å². The molecule has 0 bridgehead atoms. The van der Waals surface area contributed by atoms with Crippen LogP contribution in [0.4, 0.5) is 11.4 Å². The number of nitrogens with one attached hydrogen (secondary N) is 2. The van der Waals surface area contributed by atoms with Crippen molar-refractivity contribution in [3.63, 3.8) is 0 Å². The standard InChI is InChI=1S/C19H22N2O3/c1-3-14(2)20-18(22)13-24-19(23)16-11-7-8-12-17(16)21-15-9-5-4-6-10-15/h4-12,14,21H,3,13H2,1-2H3,(H,20,22)/t14-/m1/s1. The predicted octanol–water partition coefficient (Wildman–Crippen LogP) is 3.50. The van der Waals surface area contributed by atoms with Crippen molar-refractivity contribution in [3.05, 3.63) is 60.2 Å². The largest absolute Gasteiger partial charge is 0.452 e. The van der Waals surface area contributed by atoms with Crippen LogP contribution in [-0.2, 0) is 9.53 Å². The number of para-hydroxylation sites is 2. The molecule has 0 aromatic heterocycles. The van der Waals surface area contributed by atoms with Crippen LogP contribution in [0.2, 0.25) is 0 Å². The Morgan fingerprint density at radius 3 is 2.42 bits per heavy atom. The fraction of sp³-hybridized carbons (Fsp3) is 0.263. The second-order valence-electron chi connectivity index (χ2n) is 5.49. The second kappa shape index (κ2) is 8.72. The number of hydrogen-bond acceptors (Lipinski definition) is 4. The Labute approximate surface area is 142 Å². The molecular weight excluding hydrogens is 304 g/mol. The fourth-order valence-electron chi connectivity index (χ4n) is 2.07. The number of carbonyl (C=O) groups is 2. The van der Waals surface area contributed by atoms with Crippen molar-refractivity contribution < 1.29 is 14.3 Å². The van der Waals surface area contributed by atoms with Gasteiger partial charge in [-0.1, -0.05) is 37.3 Å². The van der Waals surface area contributed by atoms with Crippen LogP contribution in [0.5, 0.6) is 0 Å². The van der Waals surface area contributed by atoms with E-state index in [1.807, 2.05) is 50.2 Å². The maximum atomic E-state index is 12.3. The van der Waals surface area contributed by atoms with Crippen molar-refractivity contribution in [2.75, 3.05) is 11.9 Å². The molecule has 0 unspecified atom stereocenters. The summed E-state index contributed by atoms with van der Waals surface area (Å²) in [6, 6.07) is 16.6. The lowest BCUT2D eigenvalue weighted by atomic mass is 10.1. The highest BCUT2D eigenvalue weighted by molar-refractivity contribution is 5.97. The van der Waals surface area contributed by atoms with E-state index in [0.29, 0.717) is 11.3 Å². The second-order valence-corrected chi connectivity index (χ2v) is 5.49. The van der Waals surface area contributed by atoms with Crippen LogP contribution in [0.15, 0.2) is 54.6 Å². The minimum Gasteiger partial charge on any atom is -0.452 e.